The number of fused-ring (bicyclic) bond motifs is 1. The number of hydrogen-bond donors (Lipinski definition) is 0. The van der Waals surface area contributed by atoms with E-state index in [1.807, 2.05) is 10.6 Å². The van der Waals surface area contributed by atoms with Crippen LogP contribution >= 0.6 is 22.6 Å². The number of carbonyl (C=O) groups is 1. The van der Waals surface area contributed by atoms with Crippen LogP contribution in [0.4, 0.5) is 13.2 Å². The van der Waals surface area contributed by atoms with Crippen molar-refractivity contribution in [2.75, 3.05) is 20.8 Å². The van der Waals surface area contributed by atoms with E-state index in [9.17, 15) is 9.18 Å². The molecule has 2 heterocycles. The van der Waals surface area contributed by atoms with Gasteiger partial charge < -0.3 is 18.8 Å². The van der Waals surface area contributed by atoms with Crippen molar-refractivity contribution in [1.82, 2.24) is 14.5 Å². The second-order valence-electron chi connectivity index (χ2n) is 9.66. The zero-order valence-electron chi connectivity index (χ0n) is 23.5. The Labute approximate surface area is 264 Å². The molecule has 0 unspecified atom stereocenters. The minimum atomic E-state index is -0.703. The summed E-state index contributed by atoms with van der Waals surface area (Å²) in [5.41, 5.74) is 2.12. The van der Waals surface area contributed by atoms with Crippen molar-refractivity contribution in [3.8, 4) is 23.2 Å². The van der Waals surface area contributed by atoms with Gasteiger partial charge in [-0.05, 0) is 70.6 Å². The molecular formula is C32H24F3IN4O4. The average molecular weight is 712 g/mol. The summed E-state index contributed by atoms with van der Waals surface area (Å²) in [5.74, 6) is -1.91. The molecule has 0 aliphatic heterocycles. The van der Waals surface area contributed by atoms with E-state index in [4.69, 9.17) is 24.5 Å². The maximum atomic E-state index is 15.5. The molecule has 0 aliphatic rings. The smallest absolute Gasteiger partial charge is 0.337 e. The van der Waals surface area contributed by atoms with Crippen molar-refractivity contribution in [3.63, 3.8) is 0 Å². The number of rotatable bonds is 10. The lowest BCUT2D eigenvalue weighted by atomic mass is 10.0. The summed E-state index contributed by atoms with van der Waals surface area (Å²) in [4.78, 5) is 21.2. The van der Waals surface area contributed by atoms with E-state index in [1.165, 1.54) is 31.4 Å². The van der Waals surface area contributed by atoms with Gasteiger partial charge in [-0.15, -0.1) is 0 Å². The van der Waals surface area contributed by atoms with Crippen LogP contribution in [0.3, 0.4) is 0 Å². The van der Waals surface area contributed by atoms with Crippen molar-refractivity contribution < 1.29 is 32.2 Å². The fourth-order valence-electron chi connectivity index (χ4n) is 4.65. The minimum absolute atomic E-state index is 0.0300. The summed E-state index contributed by atoms with van der Waals surface area (Å²) >= 11 is 2.07. The fraction of sp³-hybridized carbons (Fsp3) is 0.188. The molecule has 0 saturated carbocycles. The number of pyridine rings is 1. The largest absolute Gasteiger partial charge is 0.473 e. The second kappa shape index (κ2) is 13.4. The summed E-state index contributed by atoms with van der Waals surface area (Å²) in [5, 5.41) is 8.91. The first-order valence-electron chi connectivity index (χ1n) is 13.2. The van der Waals surface area contributed by atoms with Gasteiger partial charge in [-0.3, -0.25) is 0 Å². The predicted octanol–water partition coefficient (Wildman–Crippen LogP) is 6.59. The third-order valence-corrected chi connectivity index (χ3v) is 7.69. The first kappa shape index (κ1) is 31.0. The zero-order valence-corrected chi connectivity index (χ0v) is 25.7. The molecule has 0 atom stereocenters. The SMILES string of the molecule is COCCn1c(Cc2cc(F)c(-c3cccc(OCc4ccc(C#N)cc4F)n3)cc2F)nc2c(I)cc(C(=O)OC)cc21. The lowest BCUT2D eigenvalue weighted by Crippen LogP contribution is -2.10. The first-order chi connectivity index (χ1) is 21.2. The van der Waals surface area contributed by atoms with E-state index >= 15 is 8.78 Å². The van der Waals surface area contributed by atoms with Gasteiger partial charge in [0.15, 0.2) is 0 Å². The number of halogens is 4. The number of methoxy groups -OCH3 is 2. The van der Waals surface area contributed by atoms with E-state index in [-0.39, 0.29) is 46.9 Å². The Morgan fingerprint density at radius 3 is 2.50 bits per heavy atom. The van der Waals surface area contributed by atoms with E-state index in [0.717, 1.165) is 18.2 Å². The van der Waals surface area contributed by atoms with E-state index in [2.05, 4.69) is 27.6 Å². The molecule has 0 bridgehead atoms. The van der Waals surface area contributed by atoms with Gasteiger partial charge in [-0.2, -0.15) is 5.26 Å². The fourth-order valence-corrected chi connectivity index (χ4v) is 5.39. The van der Waals surface area contributed by atoms with Crippen molar-refractivity contribution >= 4 is 39.6 Å². The summed E-state index contributed by atoms with van der Waals surface area (Å²) in [7, 11) is 2.85. The third-order valence-electron chi connectivity index (χ3n) is 6.87. The highest BCUT2D eigenvalue weighted by molar-refractivity contribution is 14.1. The zero-order chi connectivity index (χ0) is 31.4. The van der Waals surface area contributed by atoms with E-state index in [0.29, 0.717) is 39.1 Å². The lowest BCUT2D eigenvalue weighted by Gasteiger charge is -2.12. The molecule has 0 fully saturated rings. The standard InChI is InChI=1S/C32H24F3IN4O4/c1-42-9-8-40-28-13-21(32(41)43-2)12-26(36)31(28)39-29(40)14-20-11-25(35)22(15-24(20)34)27-4-3-5-30(38-27)44-17-19-7-6-18(16-37)10-23(19)33/h3-7,10-13,15H,8-9,14,17H2,1-2H3. The monoisotopic (exact) mass is 712 g/mol. The van der Waals surface area contributed by atoms with Crippen molar-refractivity contribution in [1.29, 1.82) is 5.26 Å². The van der Waals surface area contributed by atoms with Crippen LogP contribution < -0.4 is 4.74 Å². The number of ether oxygens (including phenoxy) is 3. The molecule has 44 heavy (non-hydrogen) atoms. The summed E-state index contributed by atoms with van der Waals surface area (Å²) in [6.45, 7) is 0.525. The van der Waals surface area contributed by atoms with Gasteiger partial charge in [0.2, 0.25) is 5.88 Å². The van der Waals surface area contributed by atoms with Gasteiger partial charge in [0.1, 0.15) is 35.4 Å². The van der Waals surface area contributed by atoms with Gasteiger partial charge in [0.25, 0.3) is 0 Å². The molecule has 224 valence electrons. The maximum absolute atomic E-state index is 15.5. The van der Waals surface area contributed by atoms with Gasteiger partial charge in [-0.1, -0.05) is 12.1 Å². The molecule has 2 aromatic heterocycles. The van der Waals surface area contributed by atoms with Gasteiger partial charge in [0.05, 0.1) is 42.1 Å². The molecule has 0 amide bonds. The highest BCUT2D eigenvalue weighted by Gasteiger charge is 2.20. The Morgan fingerprint density at radius 1 is 0.977 bits per heavy atom. The number of aromatic nitrogens is 3. The molecule has 0 radical (unpaired) electrons. The highest BCUT2D eigenvalue weighted by atomic mass is 127. The first-order valence-corrected chi connectivity index (χ1v) is 14.3. The minimum Gasteiger partial charge on any atom is -0.473 e. The number of imidazole rings is 1. The Hall–Kier alpha value is -4.48. The molecular weight excluding hydrogens is 688 g/mol. The van der Waals surface area contributed by atoms with Crippen LogP contribution in [0.5, 0.6) is 5.88 Å². The van der Waals surface area contributed by atoms with E-state index in [1.54, 1.807) is 25.3 Å². The van der Waals surface area contributed by atoms with Crippen LogP contribution in [0.2, 0.25) is 0 Å². The van der Waals surface area contributed by atoms with Crippen LogP contribution in [0.25, 0.3) is 22.3 Å². The van der Waals surface area contributed by atoms with Gasteiger partial charge in [-0.25, -0.2) is 27.9 Å². The van der Waals surface area contributed by atoms with E-state index < -0.39 is 23.4 Å². The summed E-state index contributed by atoms with van der Waals surface area (Å²) in [6.07, 6.45) is -0.0300. The number of nitrogens with zero attached hydrogens (tertiary/aromatic N) is 4. The molecule has 0 saturated heterocycles. The Balaban J connectivity index is 1.43. The molecule has 5 rings (SSSR count). The molecule has 0 spiro atoms. The molecule has 0 N–H and O–H groups in total. The lowest BCUT2D eigenvalue weighted by molar-refractivity contribution is 0.0600. The Bertz CT molecular complexity index is 1920. The van der Waals surface area contributed by atoms with Crippen molar-refractivity contribution in [3.05, 3.63) is 110 Å². The number of carbonyl (C=O) groups excluding carboxylic acids is 1. The van der Waals surface area contributed by atoms with Crippen LogP contribution in [0.15, 0.2) is 60.7 Å². The van der Waals surface area contributed by atoms with Crippen LogP contribution in [-0.4, -0.2) is 41.3 Å². The number of benzene rings is 3. The number of nitriles is 1. The molecule has 3 aromatic carbocycles. The predicted molar refractivity (Wildman–Crippen MR) is 164 cm³/mol. The average Bonchev–Trinajstić information content (AvgIpc) is 3.37. The molecule has 8 nitrogen and oxygen atoms in total. The normalized spacial score (nSPS) is 11.0. The van der Waals surface area contributed by atoms with Crippen molar-refractivity contribution in [2.24, 2.45) is 0 Å². The topological polar surface area (TPSA) is 99.3 Å². The molecule has 12 heteroatoms. The van der Waals surface area contributed by atoms with Crippen LogP contribution in [0.1, 0.15) is 32.9 Å². The van der Waals surface area contributed by atoms with Crippen LogP contribution in [-0.2, 0) is 29.0 Å². The number of hydrogen-bond acceptors (Lipinski definition) is 7. The molecule has 0 aliphatic carbocycles. The second-order valence-corrected chi connectivity index (χ2v) is 10.8. The third kappa shape index (κ3) is 6.53. The Morgan fingerprint density at radius 2 is 1.77 bits per heavy atom. The van der Waals surface area contributed by atoms with Gasteiger partial charge >= 0.3 is 5.97 Å². The van der Waals surface area contributed by atoms with Gasteiger partial charge in [0, 0.05) is 40.8 Å². The van der Waals surface area contributed by atoms with Crippen molar-refractivity contribution in [2.45, 2.75) is 19.6 Å². The molecule has 5 aromatic rings. The summed E-state index contributed by atoms with van der Waals surface area (Å²) < 4.78 is 63.4. The highest BCUT2D eigenvalue weighted by Crippen LogP contribution is 2.29. The Kier molecular flexibility index (Phi) is 9.46. The van der Waals surface area contributed by atoms with Crippen LogP contribution in [0, 0.1) is 32.4 Å². The maximum Gasteiger partial charge on any atom is 0.337 e. The quantitative estimate of drug-likeness (QED) is 0.119. The summed E-state index contributed by atoms with van der Waals surface area (Å²) in [6, 6.07) is 16.0. The number of esters is 1.